The van der Waals surface area contributed by atoms with Gasteiger partial charge in [0, 0.05) is 11.1 Å². The monoisotopic (exact) mass is 494 g/mol. The van der Waals surface area contributed by atoms with Crippen molar-refractivity contribution >= 4 is 26.0 Å². The number of rotatable bonds is 4. The quantitative estimate of drug-likeness (QED) is 0.535. The molecule has 0 aliphatic carbocycles. The molecular weight excluding hydrogens is 484 g/mol. The molecule has 0 aliphatic heterocycles. The Morgan fingerprint density at radius 1 is 1.14 bits per heavy atom. The molecule has 0 unspecified atom stereocenters. The first-order valence-corrected chi connectivity index (χ1v) is 10.0. The molecule has 0 fully saturated rings. The molecule has 3 rings (SSSR count). The minimum atomic E-state index is -4.89. The summed E-state index contributed by atoms with van der Waals surface area (Å²) >= 11 is 3.08. The maximum absolute atomic E-state index is 14.2. The van der Waals surface area contributed by atoms with E-state index in [1.54, 1.807) is 0 Å². The van der Waals surface area contributed by atoms with Crippen LogP contribution in [0, 0.1) is 5.82 Å². The van der Waals surface area contributed by atoms with Gasteiger partial charge in [-0.1, -0.05) is 12.1 Å². The number of nitrogens with zero attached hydrogens (tertiary/aromatic N) is 1. The van der Waals surface area contributed by atoms with Gasteiger partial charge in [-0.3, -0.25) is 0 Å². The largest absolute Gasteiger partial charge is 0.492 e. The first kappa shape index (κ1) is 21.3. The van der Waals surface area contributed by atoms with Crippen LogP contribution in [0.15, 0.2) is 50.2 Å². The summed E-state index contributed by atoms with van der Waals surface area (Å²) in [5, 5.41) is 5.02. The Kier molecular flexibility index (Phi) is 5.45. The summed E-state index contributed by atoms with van der Waals surface area (Å²) in [6, 6.07) is 6.91. The van der Waals surface area contributed by atoms with Gasteiger partial charge in [0.2, 0.25) is 10.0 Å². The summed E-state index contributed by atoms with van der Waals surface area (Å²) in [4.78, 5) is 3.24. The Morgan fingerprint density at radius 3 is 2.24 bits per heavy atom. The molecule has 1 aromatic heterocycles. The fourth-order valence-corrected chi connectivity index (χ4v) is 3.63. The number of aromatic nitrogens is 1. The first-order valence-electron chi connectivity index (χ1n) is 7.66. The summed E-state index contributed by atoms with van der Waals surface area (Å²) in [5.41, 5.74) is -0.183. The van der Waals surface area contributed by atoms with Crippen LogP contribution in [0.25, 0.3) is 22.6 Å². The van der Waals surface area contributed by atoms with Crippen molar-refractivity contribution in [2.24, 2.45) is 5.14 Å². The predicted molar refractivity (Wildman–Crippen MR) is 98.0 cm³/mol. The van der Waals surface area contributed by atoms with Crippen molar-refractivity contribution in [2.45, 2.75) is 11.1 Å². The van der Waals surface area contributed by atoms with Gasteiger partial charge in [0.15, 0.2) is 17.3 Å². The number of hydrogen-bond donors (Lipinski definition) is 1. The second-order valence-electron chi connectivity index (χ2n) is 5.74. The predicted octanol–water partition coefficient (Wildman–Crippen LogP) is 4.59. The van der Waals surface area contributed by atoms with Crippen molar-refractivity contribution in [3.8, 4) is 28.3 Å². The average molecular weight is 495 g/mol. The number of oxazole rings is 1. The second-order valence-corrected chi connectivity index (χ2v) is 8.15. The molecule has 6 nitrogen and oxygen atoms in total. The Morgan fingerprint density at radius 2 is 1.76 bits per heavy atom. The lowest BCUT2D eigenvalue weighted by Crippen LogP contribution is -2.11. The lowest BCUT2D eigenvalue weighted by atomic mass is 10.1. The van der Waals surface area contributed by atoms with Crippen LogP contribution in [0.3, 0.4) is 0 Å². The standard InChI is InChI=1S/C17H11BrF4N2O4S/c1-27-15-11(18)6-9(7-12(15)19)14-13(24-16(28-14)17(20,21)22)8-2-4-10(5-3-8)29(23,25)26/h2-7H,1H3,(H2,23,25,26). The highest BCUT2D eigenvalue weighted by molar-refractivity contribution is 9.10. The lowest BCUT2D eigenvalue weighted by molar-refractivity contribution is -0.156. The van der Waals surface area contributed by atoms with Gasteiger partial charge in [-0.15, -0.1) is 0 Å². The van der Waals surface area contributed by atoms with E-state index in [9.17, 15) is 26.0 Å². The zero-order valence-electron chi connectivity index (χ0n) is 14.4. The van der Waals surface area contributed by atoms with Gasteiger partial charge >= 0.3 is 12.1 Å². The highest BCUT2D eigenvalue weighted by atomic mass is 79.9. The summed E-state index contributed by atoms with van der Waals surface area (Å²) in [6.07, 6.45) is -4.89. The van der Waals surface area contributed by atoms with Crippen LogP contribution in [-0.4, -0.2) is 20.5 Å². The molecule has 29 heavy (non-hydrogen) atoms. The minimum Gasteiger partial charge on any atom is -0.492 e. The van der Waals surface area contributed by atoms with Gasteiger partial charge in [-0.25, -0.2) is 22.9 Å². The van der Waals surface area contributed by atoms with Crippen molar-refractivity contribution in [3.05, 3.63) is 52.6 Å². The molecule has 0 amide bonds. The normalized spacial score (nSPS) is 12.2. The molecule has 0 spiro atoms. The van der Waals surface area contributed by atoms with Crippen LogP contribution in [-0.2, 0) is 16.2 Å². The highest BCUT2D eigenvalue weighted by Gasteiger charge is 2.39. The van der Waals surface area contributed by atoms with E-state index in [1.807, 2.05) is 0 Å². The van der Waals surface area contributed by atoms with Crippen molar-refractivity contribution in [2.75, 3.05) is 7.11 Å². The molecule has 2 N–H and O–H groups in total. The van der Waals surface area contributed by atoms with Crippen LogP contribution >= 0.6 is 15.9 Å². The SMILES string of the molecule is COc1c(F)cc(-c2oc(C(F)(F)F)nc2-c2ccc(S(N)(=O)=O)cc2)cc1Br. The lowest BCUT2D eigenvalue weighted by Gasteiger charge is -2.08. The summed E-state index contributed by atoms with van der Waals surface area (Å²) in [6.45, 7) is 0. The molecule has 3 aromatic rings. The van der Waals surface area contributed by atoms with E-state index in [0.717, 1.165) is 18.2 Å². The van der Waals surface area contributed by atoms with E-state index in [2.05, 4.69) is 20.9 Å². The number of ether oxygens (including phenoxy) is 1. The summed E-state index contributed by atoms with van der Waals surface area (Å²) < 4.78 is 86.4. The Bertz CT molecular complexity index is 1150. The third-order valence-corrected chi connectivity index (χ3v) is 5.31. The maximum atomic E-state index is 14.2. The third kappa shape index (κ3) is 4.28. The molecule has 12 heteroatoms. The van der Waals surface area contributed by atoms with E-state index in [4.69, 9.17) is 14.3 Å². The molecule has 0 aliphatic rings. The van der Waals surface area contributed by atoms with E-state index < -0.39 is 27.9 Å². The fourth-order valence-electron chi connectivity index (χ4n) is 2.52. The van der Waals surface area contributed by atoms with Crippen molar-refractivity contribution in [3.63, 3.8) is 0 Å². The van der Waals surface area contributed by atoms with Gasteiger partial charge in [0.1, 0.15) is 5.69 Å². The smallest absolute Gasteiger partial charge is 0.468 e. The van der Waals surface area contributed by atoms with E-state index in [-0.39, 0.29) is 37.7 Å². The zero-order valence-corrected chi connectivity index (χ0v) is 16.8. The van der Waals surface area contributed by atoms with Crippen LogP contribution in [0.5, 0.6) is 5.75 Å². The molecule has 0 bridgehead atoms. The second kappa shape index (κ2) is 7.43. The zero-order chi connectivity index (χ0) is 21.6. The van der Waals surface area contributed by atoms with Crippen molar-refractivity contribution in [1.82, 2.24) is 4.98 Å². The van der Waals surface area contributed by atoms with Crippen LogP contribution in [0.1, 0.15) is 5.89 Å². The fraction of sp³-hybridized carbons (Fsp3) is 0.118. The van der Waals surface area contributed by atoms with E-state index in [0.29, 0.717) is 0 Å². The van der Waals surface area contributed by atoms with E-state index in [1.165, 1.54) is 25.3 Å². The number of nitrogens with two attached hydrogens (primary N) is 1. The van der Waals surface area contributed by atoms with Gasteiger partial charge in [-0.05, 0) is 40.2 Å². The summed E-state index contributed by atoms with van der Waals surface area (Å²) in [7, 11) is -2.76. The van der Waals surface area contributed by atoms with Gasteiger partial charge < -0.3 is 9.15 Å². The number of halogens is 5. The minimum absolute atomic E-state index is 0.0382. The molecule has 1 heterocycles. The van der Waals surface area contributed by atoms with Crippen LogP contribution in [0.4, 0.5) is 17.6 Å². The van der Waals surface area contributed by atoms with Gasteiger partial charge in [0.05, 0.1) is 16.5 Å². The molecule has 2 aromatic carbocycles. The number of methoxy groups -OCH3 is 1. The Balaban J connectivity index is 2.22. The number of alkyl halides is 3. The molecule has 0 radical (unpaired) electrons. The topological polar surface area (TPSA) is 95.4 Å². The highest BCUT2D eigenvalue weighted by Crippen LogP contribution is 2.41. The van der Waals surface area contributed by atoms with Crippen LogP contribution < -0.4 is 9.88 Å². The molecule has 0 saturated carbocycles. The number of hydrogen-bond acceptors (Lipinski definition) is 5. The Hall–Kier alpha value is -2.44. The average Bonchev–Trinajstić information content (AvgIpc) is 3.06. The number of sulfonamides is 1. The first-order chi connectivity index (χ1) is 13.4. The number of benzene rings is 2. The Labute approximate surface area is 170 Å². The van der Waals surface area contributed by atoms with Crippen LogP contribution in [0.2, 0.25) is 0 Å². The van der Waals surface area contributed by atoms with Gasteiger partial charge in [-0.2, -0.15) is 13.2 Å². The van der Waals surface area contributed by atoms with Crippen molar-refractivity contribution < 1.29 is 35.1 Å². The van der Waals surface area contributed by atoms with E-state index >= 15 is 0 Å². The molecule has 0 saturated heterocycles. The molecule has 154 valence electrons. The van der Waals surface area contributed by atoms with Gasteiger partial charge in [0.25, 0.3) is 0 Å². The van der Waals surface area contributed by atoms with Crippen molar-refractivity contribution in [1.29, 1.82) is 0 Å². The third-order valence-electron chi connectivity index (χ3n) is 3.79. The molecule has 0 atom stereocenters. The maximum Gasteiger partial charge on any atom is 0.468 e. The molecular formula is C17H11BrF4N2O4S. The number of primary sulfonamides is 1. The summed E-state index contributed by atoms with van der Waals surface area (Å²) in [5.74, 6) is -2.87.